The van der Waals surface area contributed by atoms with E-state index in [1.807, 2.05) is 41.3 Å². The summed E-state index contributed by atoms with van der Waals surface area (Å²) in [6.45, 7) is 3.06. The molecule has 6 heteroatoms. The molecule has 2 aromatic carbocycles. The van der Waals surface area contributed by atoms with Crippen LogP contribution >= 0.6 is 12.4 Å². The van der Waals surface area contributed by atoms with Crippen LogP contribution in [0.3, 0.4) is 0 Å². The number of ether oxygens (including phenoxy) is 1. The zero-order valence-corrected chi connectivity index (χ0v) is 17.5. The summed E-state index contributed by atoms with van der Waals surface area (Å²) in [7, 11) is 2.10. The zero-order chi connectivity index (χ0) is 19.5. The van der Waals surface area contributed by atoms with Crippen molar-refractivity contribution in [3.8, 4) is 5.75 Å². The van der Waals surface area contributed by atoms with Crippen LogP contribution in [0.25, 0.3) is 0 Å². The number of amides is 1. The van der Waals surface area contributed by atoms with Gasteiger partial charge in [0.25, 0.3) is 0 Å². The van der Waals surface area contributed by atoms with E-state index < -0.39 is 0 Å². The molecule has 2 heterocycles. The van der Waals surface area contributed by atoms with Crippen molar-refractivity contribution in [2.24, 2.45) is 11.8 Å². The summed E-state index contributed by atoms with van der Waals surface area (Å²) >= 11 is 0. The molecule has 2 aliphatic rings. The topological polar surface area (TPSA) is 32.8 Å². The highest BCUT2D eigenvalue weighted by molar-refractivity contribution is 5.85. The van der Waals surface area contributed by atoms with Gasteiger partial charge in [-0.3, -0.25) is 9.69 Å². The molecule has 4 nitrogen and oxygen atoms in total. The predicted octanol–water partition coefficient (Wildman–Crippen LogP) is 4.17. The van der Waals surface area contributed by atoms with Crippen molar-refractivity contribution in [3.05, 3.63) is 66.0 Å². The minimum Gasteiger partial charge on any atom is -0.494 e. The third kappa shape index (κ3) is 4.90. The molecule has 0 unspecified atom stereocenters. The molecule has 2 fully saturated rings. The maximum Gasteiger partial charge on any atom is 0.222 e. The molecule has 0 radical (unpaired) electrons. The molecule has 2 saturated heterocycles. The van der Waals surface area contributed by atoms with Gasteiger partial charge >= 0.3 is 0 Å². The lowest BCUT2D eigenvalue weighted by Crippen LogP contribution is -2.33. The lowest BCUT2D eigenvalue weighted by molar-refractivity contribution is -0.130. The van der Waals surface area contributed by atoms with Gasteiger partial charge in [0, 0.05) is 38.0 Å². The summed E-state index contributed by atoms with van der Waals surface area (Å²) in [5.41, 5.74) is 1.01. The Bertz CT molecular complexity index is 820. The largest absolute Gasteiger partial charge is 0.494 e. The standard InChI is InChI=1S/C23H27FN2O2.ClH/c1-25-14-18-15-26(16-21(18)23(25)17-7-5-8-19(24)13-17)22(27)11-6-12-28-20-9-3-2-4-10-20;/h2-5,7-10,13,18,21,23H,6,11-12,14-16H2,1H3;1H/t18-,21+,23-;/m0./s1. The fourth-order valence-corrected chi connectivity index (χ4v) is 4.74. The monoisotopic (exact) mass is 418 g/mol. The Morgan fingerprint density at radius 3 is 2.66 bits per heavy atom. The second-order valence-corrected chi connectivity index (χ2v) is 7.93. The minimum atomic E-state index is -0.196. The van der Waals surface area contributed by atoms with Gasteiger partial charge in [-0.15, -0.1) is 12.4 Å². The maximum atomic E-state index is 13.7. The van der Waals surface area contributed by atoms with E-state index in [0.29, 0.717) is 31.3 Å². The molecule has 2 aliphatic heterocycles. The number of fused-ring (bicyclic) bond motifs is 1. The summed E-state index contributed by atoms with van der Waals surface area (Å²) in [5.74, 6) is 1.68. The Morgan fingerprint density at radius 2 is 1.90 bits per heavy atom. The number of benzene rings is 2. The quantitative estimate of drug-likeness (QED) is 0.660. The number of likely N-dealkylation sites (tertiary alicyclic amines) is 2. The Hall–Kier alpha value is -2.11. The van der Waals surface area contributed by atoms with Crippen LogP contribution in [0.4, 0.5) is 4.39 Å². The van der Waals surface area contributed by atoms with Crippen molar-refractivity contribution in [1.29, 1.82) is 0 Å². The number of para-hydroxylation sites is 1. The van der Waals surface area contributed by atoms with Crippen LogP contribution < -0.4 is 4.74 Å². The van der Waals surface area contributed by atoms with E-state index in [0.717, 1.165) is 30.9 Å². The van der Waals surface area contributed by atoms with Crippen LogP contribution in [0.15, 0.2) is 54.6 Å². The van der Waals surface area contributed by atoms with E-state index in [4.69, 9.17) is 4.74 Å². The van der Waals surface area contributed by atoms with Crippen molar-refractivity contribution in [3.63, 3.8) is 0 Å². The van der Waals surface area contributed by atoms with E-state index in [9.17, 15) is 9.18 Å². The Balaban J connectivity index is 0.00000240. The predicted molar refractivity (Wildman–Crippen MR) is 114 cm³/mol. The van der Waals surface area contributed by atoms with Crippen molar-refractivity contribution in [2.45, 2.75) is 18.9 Å². The molecule has 3 atom stereocenters. The number of hydrogen-bond donors (Lipinski definition) is 0. The van der Waals surface area contributed by atoms with Gasteiger partial charge in [0.2, 0.25) is 5.91 Å². The van der Waals surface area contributed by atoms with Gasteiger partial charge in [0.05, 0.1) is 6.61 Å². The van der Waals surface area contributed by atoms with Crippen LogP contribution in [-0.2, 0) is 4.79 Å². The summed E-state index contributed by atoms with van der Waals surface area (Å²) in [4.78, 5) is 17.0. The average Bonchev–Trinajstić information content (AvgIpc) is 3.22. The highest BCUT2D eigenvalue weighted by Crippen LogP contribution is 2.44. The lowest BCUT2D eigenvalue weighted by atomic mass is 9.89. The second kappa shape index (κ2) is 9.59. The van der Waals surface area contributed by atoms with Crippen molar-refractivity contribution in [2.75, 3.05) is 33.3 Å². The van der Waals surface area contributed by atoms with Gasteiger partial charge in [0.1, 0.15) is 11.6 Å². The van der Waals surface area contributed by atoms with Crippen LogP contribution in [0.2, 0.25) is 0 Å². The number of carbonyl (C=O) groups is 1. The molecule has 0 aliphatic carbocycles. The molecule has 156 valence electrons. The van der Waals surface area contributed by atoms with Crippen LogP contribution in [-0.4, -0.2) is 49.0 Å². The van der Waals surface area contributed by atoms with E-state index >= 15 is 0 Å². The van der Waals surface area contributed by atoms with Gasteiger partial charge in [-0.2, -0.15) is 0 Å². The molecule has 0 N–H and O–H groups in total. The normalized spacial score (nSPS) is 23.5. The van der Waals surface area contributed by atoms with Crippen LogP contribution in [0, 0.1) is 17.7 Å². The molecule has 0 saturated carbocycles. The number of hydrogen-bond acceptors (Lipinski definition) is 3. The summed E-state index contributed by atoms with van der Waals surface area (Å²) in [6.07, 6.45) is 1.22. The van der Waals surface area contributed by atoms with Gasteiger partial charge < -0.3 is 9.64 Å². The molecule has 4 rings (SSSR count). The van der Waals surface area contributed by atoms with Crippen molar-refractivity contribution < 1.29 is 13.9 Å². The fraction of sp³-hybridized carbons (Fsp3) is 0.435. The first kappa shape index (κ1) is 21.6. The van der Waals surface area contributed by atoms with Gasteiger partial charge in [0.15, 0.2) is 0 Å². The highest BCUT2D eigenvalue weighted by atomic mass is 35.5. The highest BCUT2D eigenvalue weighted by Gasteiger charge is 2.47. The van der Waals surface area contributed by atoms with Gasteiger partial charge in [-0.25, -0.2) is 4.39 Å². The molecular weight excluding hydrogens is 391 g/mol. The van der Waals surface area contributed by atoms with E-state index in [2.05, 4.69) is 11.9 Å². The minimum absolute atomic E-state index is 0. The smallest absolute Gasteiger partial charge is 0.222 e. The maximum absolute atomic E-state index is 13.7. The van der Waals surface area contributed by atoms with Crippen molar-refractivity contribution in [1.82, 2.24) is 9.80 Å². The van der Waals surface area contributed by atoms with Crippen LogP contribution in [0.5, 0.6) is 5.75 Å². The first-order valence-electron chi connectivity index (χ1n) is 10.0. The fourth-order valence-electron chi connectivity index (χ4n) is 4.74. The van der Waals surface area contributed by atoms with E-state index in [1.54, 1.807) is 12.1 Å². The van der Waals surface area contributed by atoms with Crippen LogP contribution in [0.1, 0.15) is 24.4 Å². The number of carbonyl (C=O) groups excluding carboxylic acids is 1. The third-order valence-electron chi connectivity index (χ3n) is 5.98. The van der Waals surface area contributed by atoms with E-state index in [1.165, 1.54) is 6.07 Å². The Labute approximate surface area is 178 Å². The lowest BCUT2D eigenvalue weighted by Gasteiger charge is -2.27. The van der Waals surface area contributed by atoms with E-state index in [-0.39, 0.29) is 30.2 Å². The molecule has 0 spiro atoms. The van der Waals surface area contributed by atoms with Crippen molar-refractivity contribution >= 4 is 18.3 Å². The second-order valence-electron chi connectivity index (χ2n) is 7.93. The average molecular weight is 419 g/mol. The number of rotatable bonds is 6. The zero-order valence-electron chi connectivity index (χ0n) is 16.7. The summed E-state index contributed by atoms with van der Waals surface area (Å²) in [5, 5.41) is 0. The molecule has 1 amide bonds. The van der Waals surface area contributed by atoms with Gasteiger partial charge in [-0.1, -0.05) is 30.3 Å². The molecule has 29 heavy (non-hydrogen) atoms. The Morgan fingerprint density at radius 1 is 1.10 bits per heavy atom. The summed E-state index contributed by atoms with van der Waals surface area (Å²) in [6, 6.07) is 16.8. The number of halogens is 2. The SMILES string of the molecule is CN1C[C@H]2CN(C(=O)CCCOc3ccccc3)C[C@H]2[C@@H]1c1cccc(F)c1.Cl. The first-order valence-corrected chi connectivity index (χ1v) is 10.0. The third-order valence-corrected chi connectivity index (χ3v) is 5.98. The molecule has 0 aromatic heterocycles. The van der Waals surface area contributed by atoms with Gasteiger partial charge in [-0.05, 0) is 49.2 Å². The summed E-state index contributed by atoms with van der Waals surface area (Å²) < 4.78 is 19.4. The molecule has 2 aromatic rings. The first-order chi connectivity index (χ1) is 13.6. The molecular formula is C23H28ClFN2O2. The molecule has 0 bridgehead atoms. The Kier molecular flexibility index (Phi) is 7.14. The number of nitrogens with zero attached hydrogens (tertiary/aromatic N) is 2.